The van der Waals surface area contributed by atoms with Crippen molar-refractivity contribution in [3.63, 3.8) is 0 Å². The molecule has 0 spiro atoms. The number of carbonyl (C=O) groups excluding carboxylic acids is 2. The Morgan fingerprint density at radius 1 is 1.17 bits per heavy atom. The number of pyridine rings is 1. The number of urea groups is 1. The van der Waals surface area contributed by atoms with E-state index in [9.17, 15) is 18.8 Å². The van der Waals surface area contributed by atoms with Crippen LogP contribution in [-0.4, -0.2) is 99.5 Å². The lowest BCUT2D eigenvalue weighted by Crippen LogP contribution is -2.53. The fourth-order valence-electron chi connectivity index (χ4n) is 5.96. The number of benzene rings is 1. The summed E-state index contributed by atoms with van der Waals surface area (Å²) in [6.45, 7) is 2.23. The van der Waals surface area contributed by atoms with Crippen LogP contribution in [0.15, 0.2) is 69.7 Å². The van der Waals surface area contributed by atoms with Crippen molar-refractivity contribution < 1.29 is 28.6 Å². The quantitative estimate of drug-likeness (QED) is 0.254. The number of carboxylic acids is 1. The van der Waals surface area contributed by atoms with Crippen LogP contribution in [0.3, 0.4) is 0 Å². The lowest BCUT2D eigenvalue weighted by Gasteiger charge is -2.38. The van der Waals surface area contributed by atoms with Crippen molar-refractivity contribution in [3.8, 4) is 11.3 Å². The molecule has 246 valence electrons. The van der Waals surface area contributed by atoms with Gasteiger partial charge in [0.25, 0.3) is 0 Å². The highest BCUT2D eigenvalue weighted by Gasteiger charge is 2.43. The number of amides is 2. The molecule has 13 nitrogen and oxygen atoms in total. The van der Waals surface area contributed by atoms with Crippen molar-refractivity contribution in [2.24, 2.45) is 4.99 Å². The van der Waals surface area contributed by atoms with Crippen LogP contribution in [0, 0.1) is 5.82 Å². The number of carboxylic acid groups (broad SMARTS) is 1. The molecule has 17 heteroatoms. The molecule has 1 aromatic carbocycles. The third-order valence-corrected chi connectivity index (χ3v) is 10.2. The first-order chi connectivity index (χ1) is 23.2. The number of methoxy groups -OCH3 is 1. The van der Waals surface area contributed by atoms with Crippen molar-refractivity contribution in [1.29, 1.82) is 0 Å². The average Bonchev–Trinajstić information content (AvgIpc) is 3.85. The normalized spacial score (nSPS) is 19.6. The third-order valence-electron chi connectivity index (χ3n) is 8.24. The summed E-state index contributed by atoms with van der Waals surface area (Å²) in [7, 11) is 1.29. The molecule has 7 rings (SSSR count). The molecular formula is C31H26ClFN8O5S2. The molecule has 2 saturated heterocycles. The summed E-state index contributed by atoms with van der Waals surface area (Å²) in [5.74, 6) is -1.77. The highest BCUT2D eigenvalue weighted by molar-refractivity contribution is 7.14. The molecule has 3 aromatic heterocycles. The van der Waals surface area contributed by atoms with Crippen LogP contribution in [0.1, 0.15) is 27.1 Å². The molecule has 0 radical (unpaired) electrons. The molecule has 3 aliphatic heterocycles. The Hall–Kier alpha value is -4.77. The second kappa shape index (κ2) is 13.0. The van der Waals surface area contributed by atoms with E-state index in [1.54, 1.807) is 17.2 Å². The highest BCUT2D eigenvalue weighted by atomic mass is 35.5. The van der Waals surface area contributed by atoms with Crippen molar-refractivity contribution in [2.75, 3.05) is 44.7 Å². The van der Waals surface area contributed by atoms with Crippen molar-refractivity contribution >= 4 is 63.2 Å². The predicted octanol–water partition coefficient (Wildman–Crippen LogP) is 4.30. The lowest BCUT2D eigenvalue weighted by atomic mass is 9.95. The summed E-state index contributed by atoms with van der Waals surface area (Å²) in [6.07, 6.45) is 3.10. The number of aliphatic imine (C=N–C) groups is 1. The molecule has 6 heterocycles. The van der Waals surface area contributed by atoms with Crippen molar-refractivity contribution in [2.45, 2.75) is 12.1 Å². The number of halogens is 2. The first kappa shape index (κ1) is 31.8. The van der Waals surface area contributed by atoms with Crippen molar-refractivity contribution in [3.05, 3.63) is 91.9 Å². The second-order valence-electron chi connectivity index (χ2n) is 11.1. The van der Waals surface area contributed by atoms with Crippen LogP contribution in [0.2, 0.25) is 5.02 Å². The van der Waals surface area contributed by atoms with Crippen LogP contribution >= 0.6 is 34.3 Å². The molecule has 2 amide bonds. The summed E-state index contributed by atoms with van der Waals surface area (Å²) < 4.78 is 19.2. The molecule has 0 aliphatic carbocycles. The number of piperazine rings is 1. The lowest BCUT2D eigenvalue weighted by molar-refractivity contribution is -0.136. The van der Waals surface area contributed by atoms with Gasteiger partial charge in [0.05, 0.1) is 31.0 Å². The van der Waals surface area contributed by atoms with Gasteiger partial charge in [-0.1, -0.05) is 17.7 Å². The van der Waals surface area contributed by atoms with Gasteiger partial charge in [0.1, 0.15) is 17.6 Å². The van der Waals surface area contributed by atoms with Crippen LogP contribution in [0.5, 0.6) is 0 Å². The van der Waals surface area contributed by atoms with Gasteiger partial charge >= 0.3 is 18.0 Å². The van der Waals surface area contributed by atoms with Gasteiger partial charge in [-0.15, -0.1) is 22.7 Å². The Morgan fingerprint density at radius 3 is 2.73 bits per heavy atom. The van der Waals surface area contributed by atoms with Gasteiger partial charge in [-0.3, -0.25) is 14.8 Å². The van der Waals surface area contributed by atoms with E-state index in [0.717, 1.165) is 0 Å². The fourth-order valence-corrected chi connectivity index (χ4v) is 7.65. The van der Waals surface area contributed by atoms with Gasteiger partial charge < -0.3 is 20.1 Å². The van der Waals surface area contributed by atoms with Crippen molar-refractivity contribution in [1.82, 2.24) is 30.1 Å². The number of hydrogen-bond acceptors (Lipinski definition) is 12. The Kier molecular flexibility index (Phi) is 8.63. The van der Waals surface area contributed by atoms with E-state index < -0.39 is 23.8 Å². The number of aromatic carboxylic acids is 1. The number of anilines is 1. The zero-order chi connectivity index (χ0) is 33.5. The highest BCUT2D eigenvalue weighted by Crippen LogP contribution is 2.37. The Morgan fingerprint density at radius 2 is 2.02 bits per heavy atom. The summed E-state index contributed by atoms with van der Waals surface area (Å²) in [4.78, 5) is 61.4. The van der Waals surface area contributed by atoms with Gasteiger partial charge in [-0.25, -0.2) is 33.7 Å². The molecule has 2 atom stereocenters. The number of amidine groups is 1. The minimum Gasteiger partial charge on any atom is -0.477 e. The Bertz CT molecular complexity index is 1970. The monoisotopic (exact) mass is 708 g/mol. The number of fused-ring (bicyclic) bond motifs is 1. The number of ether oxygens (including phenoxy) is 1. The Labute approximate surface area is 286 Å². The molecule has 2 N–H and O–H groups in total. The van der Waals surface area contributed by atoms with E-state index in [0.29, 0.717) is 71.2 Å². The van der Waals surface area contributed by atoms with Crippen LogP contribution in [0.4, 0.5) is 14.3 Å². The van der Waals surface area contributed by atoms with Gasteiger partial charge in [-0.05, 0) is 24.3 Å². The number of hydrogen-bond donors (Lipinski definition) is 2. The number of nitrogens with one attached hydrogen (secondary N) is 1. The summed E-state index contributed by atoms with van der Waals surface area (Å²) in [5.41, 5.74) is 2.43. The van der Waals surface area contributed by atoms with Gasteiger partial charge in [-0.2, -0.15) is 0 Å². The van der Waals surface area contributed by atoms with E-state index in [2.05, 4.69) is 25.2 Å². The standard InChI is InChI=1S/C31H26ClFN8O5S2/c1-46-29(44)24-22(36-26(27-34-6-9-47-27)38-25(24)19-4-3-17(33)10-20(19)32)14-39-7-8-40-18(12-39)13-41(31(40)45)30-37-23(15-48-30)16-2-5-21(28(42)43)35-11-16/h2-6,9-11,15,18,25H,7-8,12-14H2,1H3,(H,36,38)(H,42,43)/t18-,25-/m0/s1. The first-order valence-electron chi connectivity index (χ1n) is 14.7. The van der Waals surface area contributed by atoms with E-state index in [1.165, 1.54) is 60.2 Å². The molecular weight excluding hydrogens is 683 g/mol. The SMILES string of the molecule is COC(=O)C1=C(CN2CCN3C(=O)N(c4nc(-c5ccc(C(=O)O)nc5)cs4)C[C@@H]3C2)NC(c2nccs2)=N[C@H]1c1ccc(F)cc1Cl. The van der Waals surface area contributed by atoms with Crippen LogP contribution < -0.4 is 10.2 Å². The summed E-state index contributed by atoms with van der Waals surface area (Å²) >= 11 is 9.18. The smallest absolute Gasteiger partial charge is 0.354 e. The zero-order valence-corrected chi connectivity index (χ0v) is 27.6. The molecule has 0 saturated carbocycles. The number of aromatic nitrogens is 3. The maximum atomic E-state index is 14.0. The maximum absolute atomic E-state index is 14.0. The zero-order valence-electron chi connectivity index (χ0n) is 25.2. The number of carbonyl (C=O) groups is 3. The predicted molar refractivity (Wildman–Crippen MR) is 177 cm³/mol. The minimum absolute atomic E-state index is 0.0651. The molecule has 3 aliphatic rings. The van der Waals surface area contributed by atoms with E-state index in [-0.39, 0.29) is 28.4 Å². The van der Waals surface area contributed by atoms with E-state index >= 15 is 0 Å². The second-order valence-corrected chi connectivity index (χ2v) is 13.3. The number of nitrogens with zero attached hydrogens (tertiary/aromatic N) is 7. The molecule has 0 bridgehead atoms. The maximum Gasteiger partial charge on any atom is 0.354 e. The number of thiazole rings is 2. The molecule has 2 fully saturated rings. The topological polar surface area (TPSA) is 153 Å². The largest absolute Gasteiger partial charge is 0.477 e. The first-order valence-corrected chi connectivity index (χ1v) is 16.8. The Balaban J connectivity index is 1.13. The van der Waals surface area contributed by atoms with Gasteiger partial charge in [0, 0.05) is 71.2 Å². The van der Waals surface area contributed by atoms with Gasteiger partial charge in [0.2, 0.25) is 0 Å². The van der Waals surface area contributed by atoms with E-state index in [1.807, 2.05) is 15.7 Å². The molecule has 48 heavy (non-hydrogen) atoms. The molecule has 0 unspecified atom stereocenters. The number of rotatable bonds is 8. The number of esters is 1. The third kappa shape index (κ3) is 6.03. The minimum atomic E-state index is -1.11. The summed E-state index contributed by atoms with van der Waals surface area (Å²) in [6, 6.07) is 5.86. The fraction of sp³-hybridized carbons (Fsp3) is 0.258. The van der Waals surface area contributed by atoms with Crippen LogP contribution in [0.25, 0.3) is 11.3 Å². The van der Waals surface area contributed by atoms with E-state index in [4.69, 9.17) is 26.4 Å². The molecule has 4 aromatic rings. The summed E-state index contributed by atoms with van der Waals surface area (Å²) in [5, 5.41) is 17.3. The van der Waals surface area contributed by atoms with Crippen LogP contribution in [-0.2, 0) is 9.53 Å². The van der Waals surface area contributed by atoms with Gasteiger partial charge in [0.15, 0.2) is 16.0 Å². The average molecular weight is 709 g/mol.